The molecule has 0 amide bonds. The van der Waals surface area contributed by atoms with E-state index in [0.717, 1.165) is 0 Å². The molecule has 0 fully saturated rings. The van der Waals surface area contributed by atoms with Gasteiger partial charge < -0.3 is 18.6 Å². The van der Waals surface area contributed by atoms with E-state index in [2.05, 4.69) is 6.07 Å². The normalized spacial score (nSPS) is 18.2. The molecule has 38 heavy (non-hydrogen) atoms. The molecule has 3 aromatic carbocycles. The van der Waals surface area contributed by atoms with E-state index in [1.54, 1.807) is 48.5 Å². The van der Waals surface area contributed by atoms with Crippen LogP contribution in [0.5, 0.6) is 17.2 Å². The van der Waals surface area contributed by atoms with Crippen LogP contribution in [0.3, 0.4) is 0 Å². The molecule has 3 aromatic rings. The monoisotopic (exact) mass is 553 g/mol. The van der Waals surface area contributed by atoms with Crippen molar-refractivity contribution >= 4 is 25.7 Å². The first-order chi connectivity index (χ1) is 18.0. The summed E-state index contributed by atoms with van der Waals surface area (Å²) in [5, 5.41) is 10.5. The Morgan fingerprint density at radius 1 is 1.08 bits per heavy atom. The molecular weight excluding hydrogens is 525 g/mol. The summed E-state index contributed by atoms with van der Waals surface area (Å²) in [6, 6.07) is 18.2. The summed E-state index contributed by atoms with van der Waals surface area (Å²) in [6.45, 7) is 5.94. The van der Waals surface area contributed by atoms with Gasteiger partial charge in [0.1, 0.15) is 34.7 Å². The minimum absolute atomic E-state index is 0.0754. The van der Waals surface area contributed by atoms with Crippen LogP contribution in [0.4, 0.5) is 4.39 Å². The van der Waals surface area contributed by atoms with E-state index < -0.39 is 31.8 Å². The first-order valence-electron chi connectivity index (χ1n) is 12.1. The molecule has 1 aliphatic heterocycles. The third-order valence-corrected chi connectivity index (χ3v) is 7.68. The van der Waals surface area contributed by atoms with Gasteiger partial charge in [0.05, 0.1) is 20.3 Å². The first-order valence-corrected chi connectivity index (χ1v) is 15.9. The van der Waals surface area contributed by atoms with E-state index in [4.69, 9.17) is 30.2 Å². The van der Waals surface area contributed by atoms with Crippen LogP contribution in [0, 0.1) is 17.1 Å². The highest BCUT2D eigenvalue weighted by molar-refractivity contribution is 6.69. The summed E-state index contributed by atoms with van der Waals surface area (Å²) < 4.78 is 38.4. The van der Waals surface area contributed by atoms with Crippen LogP contribution in [-0.4, -0.2) is 34.4 Å². The van der Waals surface area contributed by atoms with Gasteiger partial charge in [0.25, 0.3) is 0 Å². The lowest BCUT2D eigenvalue weighted by Crippen LogP contribution is -2.45. The Morgan fingerprint density at radius 3 is 2.37 bits per heavy atom. The molecular formula is C29H29ClFNO5Si. The van der Waals surface area contributed by atoms with Gasteiger partial charge in [-0.15, -0.1) is 0 Å². The van der Waals surface area contributed by atoms with Crippen molar-refractivity contribution in [2.75, 3.05) is 14.2 Å². The summed E-state index contributed by atoms with van der Waals surface area (Å²) in [4.78, 5) is 14.6. The number of fused-ring (bicyclic) bond motifs is 1. The van der Waals surface area contributed by atoms with Crippen LogP contribution in [-0.2, 0) is 10.0 Å². The number of hydrogen-bond donors (Lipinski definition) is 0. The lowest BCUT2D eigenvalue weighted by atomic mass is 9.71. The van der Waals surface area contributed by atoms with Gasteiger partial charge in [0, 0.05) is 28.6 Å². The number of benzene rings is 3. The maximum atomic E-state index is 14.6. The molecule has 0 aliphatic carbocycles. The molecule has 198 valence electrons. The number of rotatable bonds is 9. The van der Waals surface area contributed by atoms with Crippen LogP contribution in [0.15, 0.2) is 60.7 Å². The number of ketones is 1. The molecule has 3 atom stereocenters. The highest BCUT2D eigenvalue weighted by Gasteiger charge is 2.57. The quantitative estimate of drug-likeness (QED) is 0.269. The van der Waals surface area contributed by atoms with Gasteiger partial charge >= 0.3 is 0 Å². The molecule has 1 heterocycles. The number of nitriles is 1. The fraction of sp³-hybridized carbons (Fsp3) is 0.310. The largest absolute Gasteiger partial charge is 0.496 e. The number of methoxy groups -OCH3 is 2. The standard InChI is InChI=1S/C29H29ClFNO5Si/c1-34-22-15-25(35-2)27-26(16-22)36-29(28(27)33,19-9-11-20(30)12-10-19)24(18-7-6-8-21(31)13-18)14-23(17-32)37-38(3,4)5/h6-13,15-16,23-24H,14H2,1-5H3/t23?,24-,29-/m0/s1. The zero-order valence-corrected chi connectivity index (χ0v) is 23.6. The van der Waals surface area contributed by atoms with E-state index in [1.165, 1.54) is 26.4 Å². The third-order valence-electron chi connectivity index (χ3n) is 6.43. The van der Waals surface area contributed by atoms with Crippen molar-refractivity contribution in [3.05, 3.63) is 88.2 Å². The van der Waals surface area contributed by atoms with E-state index in [9.17, 15) is 14.4 Å². The zero-order valence-electron chi connectivity index (χ0n) is 21.9. The average molecular weight is 554 g/mol. The van der Waals surface area contributed by atoms with Gasteiger partial charge in [-0.05, 0) is 55.9 Å². The van der Waals surface area contributed by atoms with Crippen LogP contribution >= 0.6 is 11.6 Å². The highest BCUT2D eigenvalue weighted by Crippen LogP contribution is 2.54. The summed E-state index contributed by atoms with van der Waals surface area (Å²) in [6.07, 6.45) is -0.790. The van der Waals surface area contributed by atoms with Gasteiger partial charge in [-0.25, -0.2) is 4.39 Å². The molecule has 0 saturated carbocycles. The second kappa shape index (κ2) is 10.8. The van der Waals surface area contributed by atoms with Gasteiger partial charge in [0.2, 0.25) is 11.4 Å². The van der Waals surface area contributed by atoms with Crippen LogP contribution in [0.2, 0.25) is 24.7 Å². The Labute approximate surface area is 228 Å². The summed E-state index contributed by atoms with van der Waals surface area (Å²) in [7, 11) is 0.811. The molecule has 0 saturated heterocycles. The minimum Gasteiger partial charge on any atom is -0.496 e. The van der Waals surface area contributed by atoms with E-state index in [0.29, 0.717) is 21.9 Å². The molecule has 0 aromatic heterocycles. The Balaban J connectivity index is 1.99. The SMILES string of the molecule is COc1cc(OC)c2c(c1)O[C@@](c1ccc(Cl)cc1)([C@@H](CC(C#N)O[Si](C)(C)C)c1cccc(F)c1)C2=O. The number of nitrogens with zero attached hydrogens (tertiary/aromatic N) is 1. The van der Waals surface area contributed by atoms with E-state index in [1.807, 2.05) is 19.6 Å². The molecule has 0 bridgehead atoms. The lowest BCUT2D eigenvalue weighted by Gasteiger charge is -2.38. The Kier molecular flexibility index (Phi) is 7.84. The van der Waals surface area contributed by atoms with Gasteiger partial charge in [-0.1, -0.05) is 35.9 Å². The van der Waals surface area contributed by atoms with Gasteiger partial charge in [0.15, 0.2) is 8.32 Å². The van der Waals surface area contributed by atoms with Crippen molar-refractivity contribution < 1.29 is 27.8 Å². The van der Waals surface area contributed by atoms with Crippen LogP contribution in [0.1, 0.15) is 33.8 Å². The van der Waals surface area contributed by atoms with Crippen molar-refractivity contribution in [2.45, 2.75) is 43.7 Å². The molecule has 4 rings (SSSR count). The fourth-order valence-electron chi connectivity index (χ4n) is 4.90. The first kappa shape index (κ1) is 27.6. The topological polar surface area (TPSA) is 77.8 Å². The maximum Gasteiger partial charge on any atom is 0.219 e. The van der Waals surface area contributed by atoms with E-state index in [-0.39, 0.29) is 29.3 Å². The summed E-state index contributed by atoms with van der Waals surface area (Å²) in [5.41, 5.74) is -0.433. The van der Waals surface area contributed by atoms with Crippen molar-refractivity contribution in [3.63, 3.8) is 0 Å². The number of hydrogen-bond acceptors (Lipinski definition) is 6. The number of ether oxygens (including phenoxy) is 3. The molecule has 0 N–H and O–H groups in total. The Hall–Kier alpha value is -3.38. The predicted molar refractivity (Wildman–Crippen MR) is 145 cm³/mol. The molecule has 6 nitrogen and oxygen atoms in total. The average Bonchev–Trinajstić information content (AvgIpc) is 3.18. The number of carbonyl (C=O) groups is 1. The van der Waals surface area contributed by atoms with E-state index >= 15 is 0 Å². The Bertz CT molecular complexity index is 1390. The zero-order chi connectivity index (χ0) is 27.7. The van der Waals surface area contributed by atoms with Crippen LogP contribution < -0.4 is 14.2 Å². The van der Waals surface area contributed by atoms with Crippen molar-refractivity contribution in [1.29, 1.82) is 5.26 Å². The second-order valence-corrected chi connectivity index (χ2v) is 15.0. The number of carbonyl (C=O) groups excluding carboxylic acids is 1. The molecule has 1 aliphatic rings. The molecule has 0 spiro atoms. The van der Waals surface area contributed by atoms with Gasteiger partial charge in [-0.3, -0.25) is 4.79 Å². The van der Waals surface area contributed by atoms with Crippen molar-refractivity contribution in [2.24, 2.45) is 0 Å². The minimum atomic E-state index is -2.15. The molecule has 0 radical (unpaired) electrons. The van der Waals surface area contributed by atoms with Crippen molar-refractivity contribution in [3.8, 4) is 23.3 Å². The van der Waals surface area contributed by atoms with Crippen molar-refractivity contribution in [1.82, 2.24) is 0 Å². The fourth-order valence-corrected chi connectivity index (χ4v) is 6.03. The maximum absolute atomic E-state index is 14.6. The lowest BCUT2D eigenvalue weighted by molar-refractivity contribution is 0.0344. The van der Waals surface area contributed by atoms with Crippen LogP contribution in [0.25, 0.3) is 0 Å². The second-order valence-electron chi connectivity index (χ2n) is 10.1. The summed E-state index contributed by atoms with van der Waals surface area (Å²) in [5.74, 6) is -0.667. The molecule has 9 heteroatoms. The summed E-state index contributed by atoms with van der Waals surface area (Å²) >= 11 is 6.20. The predicted octanol–water partition coefficient (Wildman–Crippen LogP) is 6.88. The van der Waals surface area contributed by atoms with Gasteiger partial charge in [-0.2, -0.15) is 5.26 Å². The number of halogens is 2. The Morgan fingerprint density at radius 2 is 1.79 bits per heavy atom. The third kappa shape index (κ3) is 5.28. The smallest absolute Gasteiger partial charge is 0.219 e. The number of Topliss-reactive ketones (excluding diaryl/α,β-unsaturated/α-hetero) is 1. The molecule has 1 unspecified atom stereocenters. The highest BCUT2D eigenvalue weighted by atomic mass is 35.5.